The Morgan fingerprint density at radius 3 is 2.54 bits per heavy atom. The van der Waals surface area contributed by atoms with Crippen LogP contribution in [-0.4, -0.2) is 61.4 Å². The van der Waals surface area contributed by atoms with E-state index in [9.17, 15) is 0 Å². The Bertz CT molecular complexity index is 705. The lowest BCUT2D eigenvalue weighted by Crippen LogP contribution is -2.46. The molecular formula is C19H31N7. The second kappa shape index (κ2) is 7.88. The van der Waals surface area contributed by atoms with Crippen molar-refractivity contribution in [3.05, 3.63) is 29.9 Å². The van der Waals surface area contributed by atoms with Gasteiger partial charge in [0, 0.05) is 30.9 Å². The number of hydrogen-bond donors (Lipinski definition) is 1. The van der Waals surface area contributed by atoms with E-state index < -0.39 is 0 Å². The number of imidazole rings is 1. The molecule has 7 heteroatoms. The van der Waals surface area contributed by atoms with Crippen LogP contribution in [0.1, 0.15) is 56.0 Å². The molecule has 2 aliphatic heterocycles. The molecule has 1 N–H and O–H groups in total. The van der Waals surface area contributed by atoms with Crippen LogP contribution in [0.15, 0.2) is 12.4 Å². The molecule has 4 heterocycles. The van der Waals surface area contributed by atoms with E-state index in [1.165, 1.54) is 57.7 Å². The van der Waals surface area contributed by atoms with Crippen LogP contribution >= 0.6 is 0 Å². The summed E-state index contributed by atoms with van der Waals surface area (Å²) in [4.78, 5) is 7.02. The topological polar surface area (TPSA) is 63.8 Å². The molecule has 0 unspecified atom stereocenters. The molecule has 0 aromatic carbocycles. The lowest BCUT2D eigenvalue weighted by Gasteiger charge is -2.39. The fourth-order valence-electron chi connectivity index (χ4n) is 4.53. The third-order valence-electron chi connectivity index (χ3n) is 6.13. The van der Waals surface area contributed by atoms with Gasteiger partial charge in [-0.1, -0.05) is 0 Å². The van der Waals surface area contributed by atoms with Crippen molar-refractivity contribution in [2.24, 2.45) is 0 Å². The first-order chi connectivity index (χ1) is 12.8. The number of nitrogens with zero attached hydrogens (tertiary/aromatic N) is 6. The third-order valence-corrected chi connectivity index (χ3v) is 6.13. The first-order valence-electron chi connectivity index (χ1n) is 10.1. The molecule has 0 aliphatic carbocycles. The van der Waals surface area contributed by atoms with Gasteiger partial charge in [0.2, 0.25) is 0 Å². The summed E-state index contributed by atoms with van der Waals surface area (Å²) in [6.45, 7) is 10.6. The highest BCUT2D eigenvalue weighted by atomic mass is 15.3. The predicted octanol–water partition coefficient (Wildman–Crippen LogP) is 1.78. The molecule has 4 rings (SSSR count). The van der Waals surface area contributed by atoms with Crippen LogP contribution in [0, 0.1) is 6.92 Å². The molecule has 2 aliphatic rings. The minimum absolute atomic E-state index is 0.540. The van der Waals surface area contributed by atoms with Gasteiger partial charge in [-0.15, -0.1) is 10.2 Å². The number of rotatable bonds is 5. The van der Waals surface area contributed by atoms with Gasteiger partial charge in [-0.05, 0) is 65.7 Å². The van der Waals surface area contributed by atoms with E-state index in [1.54, 1.807) is 0 Å². The van der Waals surface area contributed by atoms with E-state index >= 15 is 0 Å². The number of nitrogens with one attached hydrogen (secondary N) is 1. The number of aromatic nitrogens is 5. The van der Waals surface area contributed by atoms with Gasteiger partial charge in [-0.3, -0.25) is 0 Å². The quantitative estimate of drug-likeness (QED) is 0.884. The van der Waals surface area contributed by atoms with Crippen LogP contribution in [0.25, 0.3) is 0 Å². The first kappa shape index (κ1) is 17.7. The van der Waals surface area contributed by atoms with E-state index in [0.717, 1.165) is 30.8 Å². The summed E-state index contributed by atoms with van der Waals surface area (Å²) in [6, 6.07) is 0.779. The van der Waals surface area contributed by atoms with Gasteiger partial charge in [-0.25, -0.2) is 4.98 Å². The molecule has 0 radical (unpaired) electrons. The van der Waals surface area contributed by atoms with E-state index in [-0.39, 0.29) is 0 Å². The first-order valence-corrected chi connectivity index (χ1v) is 10.1. The Morgan fingerprint density at radius 1 is 1.12 bits per heavy atom. The van der Waals surface area contributed by atoms with Gasteiger partial charge in [0.05, 0.1) is 6.54 Å². The Labute approximate surface area is 155 Å². The van der Waals surface area contributed by atoms with E-state index in [1.807, 2.05) is 19.3 Å². The van der Waals surface area contributed by atoms with E-state index in [2.05, 4.69) is 41.5 Å². The molecule has 26 heavy (non-hydrogen) atoms. The molecule has 2 aromatic heterocycles. The van der Waals surface area contributed by atoms with E-state index in [0.29, 0.717) is 5.92 Å². The average molecular weight is 358 g/mol. The van der Waals surface area contributed by atoms with Gasteiger partial charge >= 0.3 is 0 Å². The maximum Gasteiger partial charge on any atom is 0.153 e. The number of piperidine rings is 2. The molecule has 142 valence electrons. The summed E-state index contributed by atoms with van der Waals surface area (Å²) in [5.74, 6) is 3.79. The predicted molar refractivity (Wildman–Crippen MR) is 101 cm³/mol. The summed E-state index contributed by atoms with van der Waals surface area (Å²) in [7, 11) is 0. The molecule has 0 amide bonds. The number of hydrogen-bond acceptors (Lipinski definition) is 5. The molecule has 0 saturated carbocycles. The normalized spacial score (nSPS) is 20.7. The van der Waals surface area contributed by atoms with Crippen molar-refractivity contribution in [3.63, 3.8) is 0 Å². The molecular weight excluding hydrogens is 326 g/mol. The fourth-order valence-corrected chi connectivity index (χ4v) is 4.53. The molecule has 7 nitrogen and oxygen atoms in total. The van der Waals surface area contributed by atoms with Crippen LogP contribution in [-0.2, 0) is 13.1 Å². The maximum absolute atomic E-state index is 4.61. The summed E-state index contributed by atoms with van der Waals surface area (Å²) >= 11 is 0. The van der Waals surface area contributed by atoms with Crippen LogP contribution in [0.4, 0.5) is 0 Å². The Balaban J connectivity index is 1.42. The standard InChI is InChI=1S/C19H31N7/c1-3-26-18(14-25-13-10-21-15(25)2)22-23-19(26)16-6-11-24(12-7-16)17-4-8-20-9-5-17/h10,13,16-17,20H,3-9,11-12,14H2,1-2H3. The molecule has 0 spiro atoms. The van der Waals surface area contributed by atoms with Crippen LogP contribution in [0.5, 0.6) is 0 Å². The van der Waals surface area contributed by atoms with Crippen LogP contribution < -0.4 is 5.32 Å². The summed E-state index contributed by atoms with van der Waals surface area (Å²) in [5.41, 5.74) is 0. The minimum Gasteiger partial charge on any atom is -0.328 e. The highest BCUT2D eigenvalue weighted by Gasteiger charge is 2.29. The average Bonchev–Trinajstić information content (AvgIpc) is 3.29. The second-order valence-corrected chi connectivity index (χ2v) is 7.61. The van der Waals surface area contributed by atoms with Crippen molar-refractivity contribution in [2.75, 3.05) is 26.2 Å². The molecule has 2 aromatic rings. The van der Waals surface area contributed by atoms with Gasteiger partial charge < -0.3 is 19.4 Å². The van der Waals surface area contributed by atoms with Gasteiger partial charge in [-0.2, -0.15) is 0 Å². The second-order valence-electron chi connectivity index (χ2n) is 7.61. The van der Waals surface area contributed by atoms with Crippen molar-refractivity contribution in [1.82, 2.24) is 34.5 Å². The summed E-state index contributed by atoms with van der Waals surface area (Å²) in [6.07, 6.45) is 8.85. The smallest absolute Gasteiger partial charge is 0.153 e. The zero-order chi connectivity index (χ0) is 17.9. The molecule has 2 fully saturated rings. The SMILES string of the molecule is CCn1c(Cn2ccnc2C)nnc1C1CCN(C2CCNCC2)CC1. The largest absolute Gasteiger partial charge is 0.328 e. The van der Waals surface area contributed by atoms with Gasteiger partial charge in [0.1, 0.15) is 11.6 Å². The van der Waals surface area contributed by atoms with E-state index in [4.69, 9.17) is 0 Å². The monoisotopic (exact) mass is 357 g/mol. The number of aryl methyl sites for hydroxylation is 1. The third kappa shape index (κ3) is 3.55. The Kier molecular flexibility index (Phi) is 5.36. The molecule has 2 saturated heterocycles. The molecule has 0 atom stereocenters. The lowest BCUT2D eigenvalue weighted by atomic mass is 9.93. The summed E-state index contributed by atoms with van der Waals surface area (Å²) < 4.78 is 4.46. The molecule has 0 bridgehead atoms. The highest BCUT2D eigenvalue weighted by Crippen LogP contribution is 2.29. The maximum atomic E-state index is 4.61. The van der Waals surface area contributed by atoms with Crippen molar-refractivity contribution < 1.29 is 0 Å². The zero-order valence-corrected chi connectivity index (χ0v) is 16.1. The highest BCUT2D eigenvalue weighted by molar-refractivity contribution is 5.06. The lowest BCUT2D eigenvalue weighted by molar-refractivity contribution is 0.124. The fraction of sp³-hybridized carbons (Fsp3) is 0.737. The van der Waals surface area contributed by atoms with Crippen molar-refractivity contribution in [1.29, 1.82) is 0 Å². The van der Waals surface area contributed by atoms with Crippen molar-refractivity contribution in [2.45, 2.75) is 64.6 Å². The van der Waals surface area contributed by atoms with Crippen molar-refractivity contribution in [3.8, 4) is 0 Å². The number of likely N-dealkylation sites (tertiary alicyclic amines) is 1. The Morgan fingerprint density at radius 2 is 1.88 bits per heavy atom. The van der Waals surface area contributed by atoms with Crippen molar-refractivity contribution >= 4 is 0 Å². The summed E-state index contributed by atoms with van der Waals surface area (Å²) in [5, 5.41) is 12.6. The zero-order valence-electron chi connectivity index (χ0n) is 16.1. The van der Waals surface area contributed by atoms with Gasteiger partial charge in [0.15, 0.2) is 5.82 Å². The minimum atomic E-state index is 0.540. The Hall–Kier alpha value is -1.73. The van der Waals surface area contributed by atoms with Gasteiger partial charge in [0.25, 0.3) is 0 Å². The van der Waals surface area contributed by atoms with Crippen LogP contribution in [0.3, 0.4) is 0 Å². The van der Waals surface area contributed by atoms with Crippen LogP contribution in [0.2, 0.25) is 0 Å².